The number of anilines is 1. The Morgan fingerprint density at radius 2 is 2.00 bits per heavy atom. The molecule has 0 spiro atoms. The van der Waals surface area contributed by atoms with Crippen molar-refractivity contribution in [3.8, 4) is 0 Å². The molecular formula is C17H24N2O3. The molecule has 0 heterocycles. The van der Waals surface area contributed by atoms with Crippen LogP contribution >= 0.6 is 0 Å². The van der Waals surface area contributed by atoms with Crippen LogP contribution in [0, 0.1) is 11.8 Å². The van der Waals surface area contributed by atoms with Gasteiger partial charge in [-0.2, -0.15) is 0 Å². The molecule has 1 aliphatic carbocycles. The zero-order valence-electron chi connectivity index (χ0n) is 13.6. The Labute approximate surface area is 131 Å². The lowest BCUT2D eigenvalue weighted by molar-refractivity contribution is -0.117. The highest BCUT2D eigenvalue weighted by atomic mass is 16.6. The third-order valence-corrected chi connectivity index (χ3v) is 3.48. The average molecular weight is 304 g/mol. The number of nitrogens with one attached hydrogen (secondary N) is 2. The maximum Gasteiger partial charge on any atom is 0.407 e. The van der Waals surface area contributed by atoms with E-state index in [0.717, 1.165) is 17.7 Å². The summed E-state index contributed by atoms with van der Waals surface area (Å²) in [5, 5.41) is 5.62. The molecule has 0 aromatic heterocycles. The Morgan fingerprint density at radius 3 is 2.59 bits per heavy atom. The summed E-state index contributed by atoms with van der Waals surface area (Å²) < 4.78 is 5.19. The third kappa shape index (κ3) is 5.06. The lowest BCUT2D eigenvalue weighted by Crippen LogP contribution is -2.32. The highest BCUT2D eigenvalue weighted by Crippen LogP contribution is 2.38. The lowest BCUT2D eigenvalue weighted by atomic mass is 10.2. The fourth-order valence-corrected chi connectivity index (χ4v) is 2.17. The molecule has 2 rings (SSSR count). The molecule has 5 nitrogen and oxygen atoms in total. The highest BCUT2D eigenvalue weighted by molar-refractivity contribution is 5.94. The molecule has 2 atom stereocenters. The van der Waals surface area contributed by atoms with Crippen molar-refractivity contribution >= 4 is 17.7 Å². The molecule has 0 saturated heterocycles. The molecule has 1 aliphatic rings. The summed E-state index contributed by atoms with van der Waals surface area (Å²) in [4.78, 5) is 23.5. The van der Waals surface area contributed by atoms with E-state index in [1.54, 1.807) is 0 Å². The van der Waals surface area contributed by atoms with Crippen molar-refractivity contribution in [2.45, 2.75) is 46.3 Å². The first-order valence-corrected chi connectivity index (χ1v) is 7.61. The van der Waals surface area contributed by atoms with Crippen LogP contribution in [-0.2, 0) is 16.1 Å². The van der Waals surface area contributed by atoms with Crippen LogP contribution in [0.1, 0.15) is 39.7 Å². The van der Waals surface area contributed by atoms with Crippen LogP contribution < -0.4 is 10.6 Å². The van der Waals surface area contributed by atoms with Crippen LogP contribution in [0.15, 0.2) is 24.3 Å². The van der Waals surface area contributed by atoms with Gasteiger partial charge in [0.25, 0.3) is 0 Å². The van der Waals surface area contributed by atoms with Crippen molar-refractivity contribution in [3.05, 3.63) is 29.8 Å². The fraction of sp³-hybridized carbons (Fsp3) is 0.529. The largest absolute Gasteiger partial charge is 0.444 e. The number of amides is 2. The van der Waals surface area contributed by atoms with Crippen molar-refractivity contribution < 1.29 is 14.3 Å². The quantitative estimate of drug-likeness (QED) is 0.896. The number of benzene rings is 1. The van der Waals surface area contributed by atoms with E-state index in [0.29, 0.717) is 12.5 Å². The Bertz CT molecular complexity index is 563. The Hall–Kier alpha value is -2.04. The number of hydrogen-bond acceptors (Lipinski definition) is 3. The molecule has 2 amide bonds. The van der Waals surface area contributed by atoms with Crippen LogP contribution in [0.5, 0.6) is 0 Å². The molecule has 120 valence electrons. The van der Waals surface area contributed by atoms with E-state index in [-0.39, 0.29) is 11.8 Å². The van der Waals surface area contributed by atoms with Gasteiger partial charge in [0.05, 0.1) is 0 Å². The van der Waals surface area contributed by atoms with E-state index in [4.69, 9.17) is 4.74 Å². The van der Waals surface area contributed by atoms with E-state index in [2.05, 4.69) is 17.6 Å². The minimum absolute atomic E-state index is 0.0738. The molecular weight excluding hydrogens is 280 g/mol. The van der Waals surface area contributed by atoms with Crippen LogP contribution in [0.3, 0.4) is 0 Å². The summed E-state index contributed by atoms with van der Waals surface area (Å²) in [5.41, 5.74) is 1.15. The van der Waals surface area contributed by atoms with Crippen LogP contribution in [0.2, 0.25) is 0 Å². The Morgan fingerprint density at radius 1 is 1.32 bits per heavy atom. The van der Waals surface area contributed by atoms with Crippen LogP contribution in [0.25, 0.3) is 0 Å². The summed E-state index contributed by atoms with van der Waals surface area (Å²) in [7, 11) is 0. The molecule has 0 aliphatic heterocycles. The first-order valence-electron chi connectivity index (χ1n) is 7.61. The monoisotopic (exact) mass is 304 g/mol. The molecule has 0 radical (unpaired) electrons. The van der Waals surface area contributed by atoms with E-state index < -0.39 is 11.7 Å². The van der Waals surface area contributed by atoms with E-state index in [9.17, 15) is 9.59 Å². The number of alkyl carbamates (subject to hydrolysis) is 1. The zero-order chi connectivity index (χ0) is 16.3. The molecule has 1 saturated carbocycles. The van der Waals surface area contributed by atoms with Crippen LogP contribution in [-0.4, -0.2) is 17.6 Å². The number of carbonyl (C=O) groups excluding carboxylic acids is 2. The standard InChI is InChI=1S/C17H24N2O3/c1-11-8-14(11)15(20)19-13-7-5-6-12(9-13)10-18-16(21)22-17(2,3)4/h5-7,9,11,14H,8,10H2,1-4H3,(H,18,21)(H,19,20)/t11-,14-/m1/s1. The third-order valence-electron chi connectivity index (χ3n) is 3.48. The molecule has 0 bridgehead atoms. The second-order valence-corrected chi connectivity index (χ2v) is 6.86. The lowest BCUT2D eigenvalue weighted by Gasteiger charge is -2.19. The average Bonchev–Trinajstić information content (AvgIpc) is 3.12. The second kappa shape index (κ2) is 6.38. The van der Waals surface area contributed by atoms with Gasteiger partial charge in [0, 0.05) is 18.2 Å². The first kappa shape index (κ1) is 16.3. The van der Waals surface area contributed by atoms with Gasteiger partial charge >= 0.3 is 6.09 Å². The zero-order valence-corrected chi connectivity index (χ0v) is 13.6. The van der Waals surface area contributed by atoms with Gasteiger partial charge in [-0.1, -0.05) is 19.1 Å². The molecule has 0 unspecified atom stereocenters. The van der Waals surface area contributed by atoms with Gasteiger partial charge in [-0.05, 0) is 50.8 Å². The molecule has 5 heteroatoms. The number of ether oxygens (including phenoxy) is 1. The fourth-order valence-electron chi connectivity index (χ4n) is 2.17. The summed E-state index contributed by atoms with van der Waals surface area (Å²) in [6.07, 6.45) is 0.514. The topological polar surface area (TPSA) is 67.4 Å². The van der Waals surface area contributed by atoms with Gasteiger partial charge in [-0.15, -0.1) is 0 Å². The molecule has 1 aromatic carbocycles. The van der Waals surface area contributed by atoms with Gasteiger partial charge in [-0.3, -0.25) is 4.79 Å². The summed E-state index contributed by atoms with van der Waals surface area (Å²) in [6, 6.07) is 7.47. The Balaban J connectivity index is 1.86. The molecule has 22 heavy (non-hydrogen) atoms. The first-order chi connectivity index (χ1) is 10.2. The Kier molecular flexibility index (Phi) is 4.74. The summed E-state index contributed by atoms with van der Waals surface area (Å²) >= 11 is 0. The second-order valence-electron chi connectivity index (χ2n) is 6.86. The SMILES string of the molecule is C[C@@H]1C[C@H]1C(=O)Nc1cccc(CNC(=O)OC(C)(C)C)c1. The van der Waals surface area contributed by atoms with Crippen molar-refractivity contribution in [1.29, 1.82) is 0 Å². The maximum absolute atomic E-state index is 11.9. The number of carbonyl (C=O) groups is 2. The van der Waals surface area contributed by atoms with Crippen molar-refractivity contribution in [3.63, 3.8) is 0 Å². The molecule has 1 fully saturated rings. The number of rotatable bonds is 4. The van der Waals surface area contributed by atoms with E-state index in [1.165, 1.54) is 0 Å². The predicted octanol–water partition coefficient (Wildman–Crippen LogP) is 3.31. The number of hydrogen-bond donors (Lipinski definition) is 2. The van der Waals surface area contributed by atoms with E-state index in [1.807, 2.05) is 45.0 Å². The minimum atomic E-state index is -0.513. The van der Waals surface area contributed by atoms with Gasteiger partial charge in [0.1, 0.15) is 5.60 Å². The maximum atomic E-state index is 11.9. The van der Waals surface area contributed by atoms with Gasteiger partial charge < -0.3 is 15.4 Å². The normalized spacial score (nSPS) is 20.2. The van der Waals surface area contributed by atoms with Gasteiger partial charge in [0.15, 0.2) is 0 Å². The van der Waals surface area contributed by atoms with E-state index >= 15 is 0 Å². The van der Waals surface area contributed by atoms with Crippen molar-refractivity contribution in [2.75, 3.05) is 5.32 Å². The highest BCUT2D eigenvalue weighted by Gasteiger charge is 2.39. The molecule has 2 N–H and O–H groups in total. The molecule has 1 aromatic rings. The van der Waals surface area contributed by atoms with Crippen molar-refractivity contribution in [2.24, 2.45) is 11.8 Å². The summed E-state index contributed by atoms with van der Waals surface area (Å²) in [5.74, 6) is 0.699. The minimum Gasteiger partial charge on any atom is -0.444 e. The summed E-state index contributed by atoms with van der Waals surface area (Å²) in [6.45, 7) is 7.90. The smallest absolute Gasteiger partial charge is 0.407 e. The van der Waals surface area contributed by atoms with Gasteiger partial charge in [0.2, 0.25) is 5.91 Å². The van der Waals surface area contributed by atoms with Crippen LogP contribution in [0.4, 0.5) is 10.5 Å². The van der Waals surface area contributed by atoms with Gasteiger partial charge in [-0.25, -0.2) is 4.79 Å². The van der Waals surface area contributed by atoms with Crippen molar-refractivity contribution in [1.82, 2.24) is 5.32 Å². The predicted molar refractivity (Wildman–Crippen MR) is 85.4 cm³/mol.